The number of fused-ring (bicyclic) bond motifs is 4. The highest BCUT2D eigenvalue weighted by Gasteiger charge is 2.74. The monoisotopic (exact) mass is 765 g/mol. The second kappa shape index (κ2) is 13.1. The summed E-state index contributed by atoms with van der Waals surface area (Å²) in [5.74, 6) is -0.648. The van der Waals surface area contributed by atoms with E-state index in [0.717, 1.165) is 83.5 Å². The number of H-pyrrole nitrogens is 1. The van der Waals surface area contributed by atoms with Gasteiger partial charge in [0.2, 0.25) is 0 Å². The standard InChI is InChI=1S/C45H67NO9/c1-8-24-22-46-23-26(24)11-14-45-27-10-9-25-19-28-29-21-40(2,3)15-17-44(29,39(52)53)18-16-42(28,6)43(7,36(25)45)13-12-30(45)41(4,5)31(20-27)54-38-34(49)32(47)33(48)35(55-38)37(50)51/h19,22-23,25,27,29-36,38,46-49H,8-18,20-21H2,1-7H3,(H,50,51)(H,52,53). The molecule has 8 rings (SSSR count). The molecule has 0 bridgehead atoms. The van der Waals surface area contributed by atoms with Gasteiger partial charge in [0.1, 0.15) is 18.3 Å². The number of rotatable bonds is 8. The maximum atomic E-state index is 13.3. The van der Waals surface area contributed by atoms with E-state index in [1.165, 1.54) is 16.7 Å². The molecule has 55 heavy (non-hydrogen) atoms. The van der Waals surface area contributed by atoms with Gasteiger partial charge < -0.3 is 40.0 Å². The SMILES string of the molecule is CCc1c[nH]cc1CCC12C3CCC4C=C5C6CC(C)(C)CCC6(C(=O)O)CCC5(C)C(C)(CCC1C(C)(C)C(OC1OC(C(=O)O)C(O)C(O)C1O)C3)C42. The van der Waals surface area contributed by atoms with Crippen LogP contribution in [0.1, 0.15) is 130 Å². The first-order chi connectivity index (χ1) is 25.8. The average molecular weight is 766 g/mol. The lowest BCUT2D eigenvalue weighted by Crippen LogP contribution is -2.71. The summed E-state index contributed by atoms with van der Waals surface area (Å²) in [6.07, 6.45) is 10.5. The molecule has 5 saturated carbocycles. The van der Waals surface area contributed by atoms with Crippen molar-refractivity contribution in [1.82, 2.24) is 4.98 Å². The zero-order valence-electron chi connectivity index (χ0n) is 34.1. The van der Waals surface area contributed by atoms with Gasteiger partial charge in [-0.25, -0.2) is 4.79 Å². The number of ether oxygens (including phenoxy) is 2. The van der Waals surface area contributed by atoms with Crippen LogP contribution in [0.15, 0.2) is 24.0 Å². The van der Waals surface area contributed by atoms with E-state index >= 15 is 0 Å². The third kappa shape index (κ3) is 5.49. The fourth-order valence-electron chi connectivity index (χ4n) is 15.1. The Balaban J connectivity index is 1.22. The van der Waals surface area contributed by atoms with Gasteiger partial charge in [0.25, 0.3) is 0 Å². The van der Waals surface area contributed by atoms with E-state index in [9.17, 15) is 35.1 Å². The van der Waals surface area contributed by atoms with Crippen LogP contribution in [0.3, 0.4) is 0 Å². The van der Waals surface area contributed by atoms with E-state index < -0.39 is 53.5 Å². The van der Waals surface area contributed by atoms with Gasteiger partial charge in [-0.15, -0.1) is 0 Å². The molecule has 7 aliphatic rings. The van der Waals surface area contributed by atoms with Crippen LogP contribution < -0.4 is 0 Å². The summed E-state index contributed by atoms with van der Waals surface area (Å²) in [4.78, 5) is 28.7. The van der Waals surface area contributed by atoms with Gasteiger partial charge in [-0.05, 0) is 151 Å². The molecule has 6 N–H and O–H groups in total. The first-order valence-corrected chi connectivity index (χ1v) is 21.5. The Morgan fingerprint density at radius 3 is 2.29 bits per heavy atom. The van der Waals surface area contributed by atoms with Crippen LogP contribution in [0, 0.1) is 62.1 Å². The molecule has 10 heteroatoms. The maximum absolute atomic E-state index is 13.3. The number of hydrogen-bond acceptors (Lipinski definition) is 7. The van der Waals surface area contributed by atoms with Gasteiger partial charge in [0.05, 0.1) is 11.5 Å². The molecule has 6 aliphatic carbocycles. The number of carboxylic acid groups (broad SMARTS) is 2. The van der Waals surface area contributed by atoms with Crippen molar-refractivity contribution < 1.29 is 44.6 Å². The minimum absolute atomic E-state index is 0.0314. The second-order valence-corrected chi connectivity index (χ2v) is 21.1. The van der Waals surface area contributed by atoms with Crippen molar-refractivity contribution >= 4 is 11.9 Å². The molecule has 15 unspecified atom stereocenters. The summed E-state index contributed by atoms with van der Waals surface area (Å²) in [6, 6.07) is 0. The molecule has 0 amide bonds. The number of carboxylic acids is 2. The number of aryl methyl sites for hydroxylation is 2. The number of aliphatic hydroxyl groups is 3. The van der Waals surface area contributed by atoms with Gasteiger partial charge in [-0.3, -0.25) is 4.79 Å². The molecular weight excluding hydrogens is 698 g/mol. The molecule has 0 spiro atoms. The van der Waals surface area contributed by atoms with Gasteiger partial charge in [-0.2, -0.15) is 0 Å². The van der Waals surface area contributed by atoms with Crippen LogP contribution in [0.25, 0.3) is 0 Å². The number of aromatic amines is 1. The van der Waals surface area contributed by atoms with Crippen LogP contribution in [-0.2, 0) is 31.9 Å². The van der Waals surface area contributed by atoms with Gasteiger partial charge in [-0.1, -0.05) is 60.1 Å². The zero-order chi connectivity index (χ0) is 39.7. The van der Waals surface area contributed by atoms with E-state index in [-0.39, 0.29) is 39.6 Å². The van der Waals surface area contributed by atoms with Crippen molar-refractivity contribution in [3.8, 4) is 0 Å². The topological polar surface area (TPSA) is 170 Å². The third-order valence-electron chi connectivity index (χ3n) is 18.2. The Kier molecular flexibility index (Phi) is 9.45. The Hall–Kier alpha value is -2.24. The number of allylic oxidation sites excluding steroid dienone is 2. The third-order valence-corrected chi connectivity index (χ3v) is 18.2. The van der Waals surface area contributed by atoms with E-state index in [2.05, 4.69) is 71.9 Å². The van der Waals surface area contributed by atoms with E-state index in [1.807, 2.05) is 0 Å². The highest BCUT2D eigenvalue weighted by atomic mass is 16.7. The number of carbonyl (C=O) groups is 2. The number of aliphatic carboxylic acids is 2. The van der Waals surface area contributed by atoms with Crippen molar-refractivity contribution in [2.24, 2.45) is 62.1 Å². The second-order valence-electron chi connectivity index (χ2n) is 21.1. The van der Waals surface area contributed by atoms with Gasteiger partial charge >= 0.3 is 11.9 Å². The summed E-state index contributed by atoms with van der Waals surface area (Å²) < 4.78 is 12.4. The number of aliphatic hydroxyl groups excluding tert-OH is 3. The Bertz CT molecular complexity index is 1720. The normalized spacial score (nSPS) is 48.1. The first kappa shape index (κ1) is 39.6. The minimum atomic E-state index is -1.77. The van der Waals surface area contributed by atoms with E-state index in [1.54, 1.807) is 0 Å². The van der Waals surface area contributed by atoms with Gasteiger partial charge in [0, 0.05) is 12.4 Å². The van der Waals surface area contributed by atoms with Crippen molar-refractivity contribution in [3.05, 3.63) is 35.2 Å². The molecule has 306 valence electrons. The average Bonchev–Trinajstić information content (AvgIpc) is 3.59. The summed E-state index contributed by atoms with van der Waals surface area (Å²) >= 11 is 0. The van der Waals surface area contributed by atoms with Crippen molar-refractivity contribution in [2.75, 3.05) is 0 Å². The quantitative estimate of drug-likeness (QED) is 0.122. The number of aromatic nitrogens is 1. The lowest BCUT2D eigenvalue weighted by molar-refractivity contribution is -0.334. The molecule has 1 aliphatic heterocycles. The molecular formula is C45H67NO9. The molecule has 10 nitrogen and oxygen atoms in total. The molecule has 1 aromatic rings. The Morgan fingerprint density at radius 2 is 1.60 bits per heavy atom. The van der Waals surface area contributed by atoms with Crippen molar-refractivity contribution in [2.45, 2.75) is 169 Å². The number of nitrogens with one attached hydrogen (secondary N) is 1. The molecule has 15 atom stereocenters. The Morgan fingerprint density at radius 1 is 0.891 bits per heavy atom. The summed E-state index contributed by atoms with van der Waals surface area (Å²) in [5, 5.41) is 52.9. The maximum Gasteiger partial charge on any atom is 0.335 e. The lowest BCUT2D eigenvalue weighted by Gasteiger charge is -2.76. The summed E-state index contributed by atoms with van der Waals surface area (Å²) in [5.41, 5.74) is 3.03. The zero-order valence-corrected chi connectivity index (χ0v) is 34.1. The molecule has 2 heterocycles. The molecule has 6 fully saturated rings. The molecule has 0 aromatic carbocycles. The molecule has 0 radical (unpaired) electrons. The minimum Gasteiger partial charge on any atom is -0.481 e. The Labute approximate surface area is 326 Å². The van der Waals surface area contributed by atoms with Crippen LogP contribution in [0.4, 0.5) is 0 Å². The highest BCUT2D eigenvalue weighted by molar-refractivity contribution is 5.76. The van der Waals surface area contributed by atoms with Crippen molar-refractivity contribution in [1.29, 1.82) is 0 Å². The highest BCUT2D eigenvalue weighted by Crippen LogP contribution is 2.80. The predicted octanol–water partition coefficient (Wildman–Crippen LogP) is 6.90. The van der Waals surface area contributed by atoms with Crippen molar-refractivity contribution in [3.63, 3.8) is 0 Å². The summed E-state index contributed by atoms with van der Waals surface area (Å²) in [6.45, 7) is 16.6. The van der Waals surface area contributed by atoms with Crippen LogP contribution in [0.5, 0.6) is 0 Å². The van der Waals surface area contributed by atoms with E-state index in [0.29, 0.717) is 17.8 Å². The number of hydrogen-bond donors (Lipinski definition) is 6. The van der Waals surface area contributed by atoms with Crippen LogP contribution >= 0.6 is 0 Å². The van der Waals surface area contributed by atoms with E-state index in [4.69, 9.17) is 9.47 Å². The molecule has 1 aromatic heterocycles. The first-order valence-electron chi connectivity index (χ1n) is 21.5. The van der Waals surface area contributed by atoms with Gasteiger partial charge in [0.15, 0.2) is 12.4 Å². The smallest absolute Gasteiger partial charge is 0.335 e. The fourth-order valence-corrected chi connectivity index (χ4v) is 15.1. The fraction of sp³-hybridized carbons (Fsp3) is 0.822. The molecule has 1 saturated heterocycles. The van der Waals surface area contributed by atoms with Crippen LogP contribution in [-0.4, -0.2) is 79.3 Å². The largest absolute Gasteiger partial charge is 0.481 e. The van der Waals surface area contributed by atoms with Crippen LogP contribution in [0.2, 0.25) is 0 Å². The lowest BCUT2D eigenvalue weighted by atomic mass is 9.28. The summed E-state index contributed by atoms with van der Waals surface area (Å²) in [7, 11) is 0. The predicted molar refractivity (Wildman–Crippen MR) is 206 cm³/mol.